The van der Waals surface area contributed by atoms with Crippen LogP contribution in [0.4, 0.5) is 0 Å². The lowest BCUT2D eigenvalue weighted by molar-refractivity contribution is 0.506. The van der Waals surface area contributed by atoms with Gasteiger partial charge in [-0.25, -0.2) is 0 Å². The highest BCUT2D eigenvalue weighted by atomic mass is 35.5. The van der Waals surface area contributed by atoms with Gasteiger partial charge in [0.05, 0.1) is 0 Å². The molecule has 0 aromatic carbocycles. The molecule has 0 N–H and O–H groups in total. The molecule has 0 aliphatic heterocycles. The van der Waals surface area contributed by atoms with Crippen LogP contribution in [0, 0.1) is 0 Å². The van der Waals surface area contributed by atoms with Crippen LogP contribution in [-0.4, -0.2) is 5.38 Å². The van der Waals surface area contributed by atoms with Crippen LogP contribution in [0.2, 0.25) is 0 Å². The molecular formula is C18H35Cl. The van der Waals surface area contributed by atoms with Gasteiger partial charge in [-0.3, -0.25) is 0 Å². The van der Waals surface area contributed by atoms with Gasteiger partial charge in [0.15, 0.2) is 0 Å². The SMILES string of the molecule is ClC1CCCCCCCCCCCCCCCCC1. The molecule has 1 aliphatic carbocycles. The number of alkyl halides is 1. The molecule has 0 radical (unpaired) electrons. The fourth-order valence-electron chi connectivity index (χ4n) is 3.17. The molecule has 0 heterocycles. The predicted molar refractivity (Wildman–Crippen MR) is 88.1 cm³/mol. The first kappa shape index (κ1) is 17.3. The molecule has 1 heteroatoms. The lowest BCUT2D eigenvalue weighted by Crippen LogP contribution is -1.98. The summed E-state index contributed by atoms with van der Waals surface area (Å²) in [6.07, 6.45) is 24.1. The Balaban J connectivity index is 2.08. The fourth-order valence-corrected chi connectivity index (χ4v) is 3.48. The van der Waals surface area contributed by atoms with Crippen LogP contribution in [0.15, 0.2) is 0 Å². The smallest absolute Gasteiger partial charge is 0.0336 e. The van der Waals surface area contributed by atoms with Crippen LogP contribution in [0.1, 0.15) is 109 Å². The second-order valence-electron chi connectivity index (χ2n) is 6.48. The third-order valence-corrected chi connectivity index (χ3v) is 4.97. The Kier molecular flexibility index (Phi) is 12.1. The van der Waals surface area contributed by atoms with Gasteiger partial charge >= 0.3 is 0 Å². The second kappa shape index (κ2) is 13.3. The van der Waals surface area contributed by atoms with Gasteiger partial charge in [-0.2, -0.15) is 0 Å². The van der Waals surface area contributed by atoms with E-state index in [0.29, 0.717) is 5.38 Å². The van der Waals surface area contributed by atoms with Crippen molar-refractivity contribution in [2.75, 3.05) is 0 Å². The maximum Gasteiger partial charge on any atom is 0.0336 e. The van der Waals surface area contributed by atoms with Gasteiger partial charge in [-0.1, -0.05) is 96.3 Å². The number of halogens is 1. The van der Waals surface area contributed by atoms with Gasteiger partial charge in [-0.15, -0.1) is 11.6 Å². The van der Waals surface area contributed by atoms with E-state index in [0.717, 1.165) is 0 Å². The van der Waals surface area contributed by atoms with Gasteiger partial charge in [0.2, 0.25) is 0 Å². The Bertz CT molecular complexity index is 161. The maximum atomic E-state index is 6.39. The summed E-state index contributed by atoms with van der Waals surface area (Å²) >= 11 is 6.39. The number of hydrogen-bond donors (Lipinski definition) is 0. The molecule has 114 valence electrons. The largest absolute Gasteiger partial charge is 0.123 e. The minimum absolute atomic E-state index is 0.457. The van der Waals surface area contributed by atoms with Crippen LogP contribution >= 0.6 is 11.6 Å². The molecule has 0 unspecified atom stereocenters. The Hall–Kier alpha value is 0.290. The van der Waals surface area contributed by atoms with Gasteiger partial charge < -0.3 is 0 Å². The molecule has 0 bridgehead atoms. The molecular weight excluding hydrogens is 252 g/mol. The molecule has 0 nitrogen and oxygen atoms in total. The Morgan fingerprint density at radius 3 is 0.842 bits per heavy atom. The van der Waals surface area contributed by atoms with Crippen molar-refractivity contribution in [3.05, 3.63) is 0 Å². The van der Waals surface area contributed by atoms with Gasteiger partial charge in [0, 0.05) is 5.38 Å². The monoisotopic (exact) mass is 286 g/mol. The molecule has 0 aromatic heterocycles. The fraction of sp³-hybridized carbons (Fsp3) is 1.00. The number of hydrogen-bond acceptors (Lipinski definition) is 0. The molecule has 0 amide bonds. The van der Waals surface area contributed by atoms with E-state index in [1.807, 2.05) is 0 Å². The topological polar surface area (TPSA) is 0 Å². The first-order valence-corrected chi connectivity index (χ1v) is 9.47. The zero-order valence-corrected chi connectivity index (χ0v) is 13.7. The van der Waals surface area contributed by atoms with Crippen molar-refractivity contribution in [3.8, 4) is 0 Å². The molecule has 0 spiro atoms. The Morgan fingerprint density at radius 1 is 0.368 bits per heavy atom. The van der Waals surface area contributed by atoms with E-state index >= 15 is 0 Å². The first-order chi connectivity index (χ1) is 9.39. The van der Waals surface area contributed by atoms with E-state index in [1.165, 1.54) is 109 Å². The second-order valence-corrected chi connectivity index (χ2v) is 7.10. The van der Waals surface area contributed by atoms with Crippen molar-refractivity contribution in [3.63, 3.8) is 0 Å². The zero-order chi connectivity index (χ0) is 13.6. The van der Waals surface area contributed by atoms with Crippen LogP contribution < -0.4 is 0 Å². The van der Waals surface area contributed by atoms with Crippen molar-refractivity contribution < 1.29 is 0 Å². The molecule has 0 aromatic rings. The molecule has 0 saturated heterocycles. The van der Waals surface area contributed by atoms with Crippen molar-refractivity contribution in [1.29, 1.82) is 0 Å². The van der Waals surface area contributed by atoms with Crippen molar-refractivity contribution in [1.82, 2.24) is 0 Å². The Labute approximate surface area is 126 Å². The molecule has 1 aliphatic rings. The summed E-state index contributed by atoms with van der Waals surface area (Å²) in [7, 11) is 0. The summed E-state index contributed by atoms with van der Waals surface area (Å²) in [6, 6.07) is 0. The van der Waals surface area contributed by atoms with Crippen molar-refractivity contribution >= 4 is 11.6 Å². The molecule has 1 rings (SSSR count). The Morgan fingerprint density at radius 2 is 0.579 bits per heavy atom. The van der Waals surface area contributed by atoms with E-state index < -0.39 is 0 Å². The zero-order valence-electron chi connectivity index (χ0n) is 13.0. The minimum Gasteiger partial charge on any atom is -0.123 e. The quantitative estimate of drug-likeness (QED) is 0.412. The maximum absolute atomic E-state index is 6.39. The van der Waals surface area contributed by atoms with Crippen LogP contribution in [-0.2, 0) is 0 Å². The standard InChI is InChI=1S/C18H35Cl/c19-18-16-14-12-10-8-6-4-2-1-3-5-7-9-11-13-15-17-18/h18H,1-17H2. The molecule has 1 saturated carbocycles. The number of rotatable bonds is 0. The van der Waals surface area contributed by atoms with Crippen molar-refractivity contribution in [2.24, 2.45) is 0 Å². The van der Waals surface area contributed by atoms with Crippen molar-refractivity contribution in [2.45, 2.75) is 115 Å². The first-order valence-electron chi connectivity index (χ1n) is 9.03. The van der Waals surface area contributed by atoms with E-state index in [2.05, 4.69) is 0 Å². The highest BCUT2D eigenvalue weighted by Gasteiger charge is 2.04. The van der Waals surface area contributed by atoms with Crippen LogP contribution in [0.5, 0.6) is 0 Å². The molecule has 1 fully saturated rings. The highest BCUT2D eigenvalue weighted by molar-refractivity contribution is 6.20. The summed E-state index contributed by atoms with van der Waals surface area (Å²) in [5, 5.41) is 0.457. The van der Waals surface area contributed by atoms with Crippen LogP contribution in [0.3, 0.4) is 0 Å². The third kappa shape index (κ3) is 11.8. The average molecular weight is 287 g/mol. The van der Waals surface area contributed by atoms with E-state index in [4.69, 9.17) is 11.6 Å². The average Bonchev–Trinajstić information content (AvgIpc) is 2.41. The van der Waals surface area contributed by atoms with Gasteiger partial charge in [0.25, 0.3) is 0 Å². The summed E-state index contributed by atoms with van der Waals surface area (Å²) in [5.41, 5.74) is 0. The van der Waals surface area contributed by atoms with E-state index in [-0.39, 0.29) is 0 Å². The van der Waals surface area contributed by atoms with E-state index in [1.54, 1.807) is 0 Å². The van der Waals surface area contributed by atoms with E-state index in [9.17, 15) is 0 Å². The van der Waals surface area contributed by atoms with Gasteiger partial charge in [-0.05, 0) is 12.8 Å². The summed E-state index contributed by atoms with van der Waals surface area (Å²) in [4.78, 5) is 0. The third-order valence-electron chi connectivity index (χ3n) is 4.53. The van der Waals surface area contributed by atoms with Gasteiger partial charge in [0.1, 0.15) is 0 Å². The predicted octanol–water partition coefficient (Wildman–Crippen LogP) is 7.24. The summed E-state index contributed by atoms with van der Waals surface area (Å²) in [5.74, 6) is 0. The van der Waals surface area contributed by atoms with Crippen LogP contribution in [0.25, 0.3) is 0 Å². The molecule has 19 heavy (non-hydrogen) atoms. The lowest BCUT2D eigenvalue weighted by atomic mass is 10.0. The summed E-state index contributed by atoms with van der Waals surface area (Å²) < 4.78 is 0. The molecule has 0 atom stereocenters. The summed E-state index contributed by atoms with van der Waals surface area (Å²) in [6.45, 7) is 0. The normalized spacial score (nSPS) is 24.5. The highest BCUT2D eigenvalue weighted by Crippen LogP contribution is 2.19. The minimum atomic E-state index is 0.457. The lowest BCUT2D eigenvalue weighted by Gasteiger charge is -2.10.